The summed E-state index contributed by atoms with van der Waals surface area (Å²) in [6.45, 7) is 7.26. The van der Waals surface area contributed by atoms with Gasteiger partial charge >= 0.3 is 0 Å². The molecule has 1 aliphatic carbocycles. The van der Waals surface area contributed by atoms with E-state index >= 15 is 0 Å². The van der Waals surface area contributed by atoms with Crippen molar-refractivity contribution in [1.29, 1.82) is 0 Å². The van der Waals surface area contributed by atoms with Crippen molar-refractivity contribution in [3.05, 3.63) is 0 Å². The second kappa shape index (κ2) is 8.52. The van der Waals surface area contributed by atoms with Gasteiger partial charge in [0.2, 0.25) is 5.91 Å². The maximum absolute atomic E-state index is 11.6. The zero-order valence-corrected chi connectivity index (χ0v) is 12.3. The van der Waals surface area contributed by atoms with Gasteiger partial charge in [-0.15, -0.1) is 0 Å². The fraction of sp³-hybridized carbons (Fsp3) is 0.933. The first-order valence-electron chi connectivity index (χ1n) is 7.68. The van der Waals surface area contributed by atoms with Gasteiger partial charge in [0.05, 0.1) is 0 Å². The van der Waals surface area contributed by atoms with Crippen molar-refractivity contribution in [1.82, 2.24) is 10.6 Å². The van der Waals surface area contributed by atoms with E-state index in [2.05, 4.69) is 31.4 Å². The first-order valence-corrected chi connectivity index (χ1v) is 7.68. The van der Waals surface area contributed by atoms with Gasteiger partial charge in [-0.2, -0.15) is 0 Å². The highest BCUT2D eigenvalue weighted by molar-refractivity contribution is 5.76. The van der Waals surface area contributed by atoms with Crippen LogP contribution < -0.4 is 10.6 Å². The molecule has 0 aromatic rings. The molecule has 0 aliphatic heterocycles. The lowest BCUT2D eigenvalue weighted by atomic mass is 9.84. The molecule has 1 atom stereocenters. The van der Waals surface area contributed by atoms with Crippen molar-refractivity contribution in [2.24, 2.45) is 5.92 Å². The van der Waals surface area contributed by atoms with E-state index in [-0.39, 0.29) is 5.91 Å². The maximum Gasteiger partial charge on any atom is 0.221 e. The summed E-state index contributed by atoms with van der Waals surface area (Å²) in [6, 6.07) is 0.946. The minimum atomic E-state index is 0.180. The molecule has 3 heteroatoms. The van der Waals surface area contributed by atoms with Crippen LogP contribution in [0.3, 0.4) is 0 Å². The number of hydrogen-bond acceptors (Lipinski definition) is 2. The Morgan fingerprint density at radius 1 is 1.22 bits per heavy atom. The highest BCUT2D eigenvalue weighted by Gasteiger charge is 2.19. The summed E-state index contributed by atoms with van der Waals surface area (Å²) in [4.78, 5) is 11.6. The molecule has 18 heavy (non-hydrogen) atoms. The molecule has 0 aromatic carbocycles. The standard InChI is InChI=1S/C15H30N2O/c1-4-12(3)17-15(18)10-11-16-14-8-6-13(5-2)7-9-14/h12-14,16H,4-11H2,1-3H3,(H,17,18). The van der Waals surface area contributed by atoms with Crippen LogP contribution in [0.2, 0.25) is 0 Å². The van der Waals surface area contributed by atoms with Crippen molar-refractivity contribution in [2.45, 2.75) is 77.8 Å². The lowest BCUT2D eigenvalue weighted by Gasteiger charge is -2.28. The van der Waals surface area contributed by atoms with Gasteiger partial charge in [0, 0.05) is 25.0 Å². The zero-order chi connectivity index (χ0) is 13.4. The van der Waals surface area contributed by atoms with E-state index in [0.29, 0.717) is 18.5 Å². The highest BCUT2D eigenvalue weighted by Crippen LogP contribution is 2.26. The summed E-state index contributed by atoms with van der Waals surface area (Å²) in [6.07, 6.45) is 8.21. The van der Waals surface area contributed by atoms with Crippen LogP contribution in [-0.4, -0.2) is 24.5 Å². The lowest BCUT2D eigenvalue weighted by molar-refractivity contribution is -0.121. The Hall–Kier alpha value is -0.570. The van der Waals surface area contributed by atoms with Crippen molar-refractivity contribution >= 4 is 5.91 Å². The smallest absolute Gasteiger partial charge is 0.221 e. The highest BCUT2D eigenvalue weighted by atomic mass is 16.1. The van der Waals surface area contributed by atoms with E-state index in [4.69, 9.17) is 0 Å². The molecular weight excluding hydrogens is 224 g/mol. The Balaban J connectivity index is 2.06. The monoisotopic (exact) mass is 254 g/mol. The Kier molecular flexibility index (Phi) is 7.33. The van der Waals surface area contributed by atoms with Crippen LogP contribution >= 0.6 is 0 Å². The van der Waals surface area contributed by atoms with E-state index in [9.17, 15) is 4.79 Å². The molecule has 0 heterocycles. The zero-order valence-electron chi connectivity index (χ0n) is 12.3. The summed E-state index contributed by atoms with van der Waals surface area (Å²) in [5.41, 5.74) is 0. The number of carbonyl (C=O) groups excluding carboxylic acids is 1. The molecule has 1 rings (SSSR count). The van der Waals surface area contributed by atoms with E-state index < -0.39 is 0 Å². The van der Waals surface area contributed by atoms with Gasteiger partial charge in [0.25, 0.3) is 0 Å². The normalized spacial score (nSPS) is 25.7. The molecule has 1 unspecified atom stereocenters. The molecule has 1 fully saturated rings. The summed E-state index contributed by atoms with van der Waals surface area (Å²) >= 11 is 0. The number of rotatable bonds is 7. The van der Waals surface area contributed by atoms with Gasteiger partial charge in [-0.1, -0.05) is 20.3 Å². The fourth-order valence-electron chi connectivity index (χ4n) is 2.61. The Labute approximate surface area is 112 Å². The topological polar surface area (TPSA) is 41.1 Å². The van der Waals surface area contributed by atoms with Gasteiger partial charge in [-0.05, 0) is 44.9 Å². The van der Waals surface area contributed by atoms with Crippen LogP contribution in [0.4, 0.5) is 0 Å². The second-order valence-electron chi connectivity index (χ2n) is 5.71. The predicted octanol–water partition coefficient (Wildman–Crippen LogP) is 2.85. The van der Waals surface area contributed by atoms with Crippen molar-refractivity contribution in [3.8, 4) is 0 Å². The largest absolute Gasteiger partial charge is 0.354 e. The number of carbonyl (C=O) groups is 1. The average Bonchev–Trinajstić information content (AvgIpc) is 2.39. The third-order valence-corrected chi connectivity index (χ3v) is 4.23. The molecule has 1 amide bonds. The Morgan fingerprint density at radius 2 is 1.89 bits per heavy atom. The molecule has 1 saturated carbocycles. The van der Waals surface area contributed by atoms with Gasteiger partial charge in [0.15, 0.2) is 0 Å². The van der Waals surface area contributed by atoms with Crippen LogP contribution in [0.5, 0.6) is 0 Å². The fourth-order valence-corrected chi connectivity index (χ4v) is 2.61. The summed E-state index contributed by atoms with van der Waals surface area (Å²) < 4.78 is 0. The van der Waals surface area contributed by atoms with Gasteiger partial charge in [-0.3, -0.25) is 4.79 Å². The summed E-state index contributed by atoms with van der Waals surface area (Å²) in [5, 5.41) is 6.53. The van der Waals surface area contributed by atoms with E-state index in [1.54, 1.807) is 0 Å². The molecular formula is C15H30N2O. The predicted molar refractivity (Wildman–Crippen MR) is 76.6 cm³/mol. The Morgan fingerprint density at radius 3 is 2.44 bits per heavy atom. The van der Waals surface area contributed by atoms with Gasteiger partial charge < -0.3 is 10.6 Å². The van der Waals surface area contributed by atoms with E-state index in [1.165, 1.54) is 32.1 Å². The third-order valence-electron chi connectivity index (χ3n) is 4.23. The maximum atomic E-state index is 11.6. The first kappa shape index (κ1) is 15.5. The first-order chi connectivity index (χ1) is 8.65. The average molecular weight is 254 g/mol. The van der Waals surface area contributed by atoms with Gasteiger partial charge in [-0.25, -0.2) is 0 Å². The molecule has 0 radical (unpaired) electrons. The van der Waals surface area contributed by atoms with Crippen LogP contribution in [0.25, 0.3) is 0 Å². The molecule has 106 valence electrons. The number of hydrogen-bond donors (Lipinski definition) is 2. The third kappa shape index (κ3) is 5.85. The lowest BCUT2D eigenvalue weighted by Crippen LogP contribution is -2.37. The van der Waals surface area contributed by atoms with E-state index in [0.717, 1.165) is 18.9 Å². The van der Waals surface area contributed by atoms with Crippen molar-refractivity contribution < 1.29 is 4.79 Å². The van der Waals surface area contributed by atoms with Crippen LogP contribution in [-0.2, 0) is 4.79 Å². The minimum absolute atomic E-state index is 0.180. The second-order valence-corrected chi connectivity index (χ2v) is 5.71. The SMILES string of the molecule is CCC1CCC(NCCC(=O)NC(C)CC)CC1. The minimum Gasteiger partial charge on any atom is -0.354 e. The Bertz CT molecular complexity index is 235. The van der Waals surface area contributed by atoms with Crippen LogP contribution in [0.1, 0.15) is 65.7 Å². The van der Waals surface area contributed by atoms with Gasteiger partial charge in [0.1, 0.15) is 0 Å². The molecule has 1 aliphatic rings. The molecule has 2 N–H and O–H groups in total. The van der Waals surface area contributed by atoms with Crippen LogP contribution in [0, 0.1) is 5.92 Å². The molecule has 0 aromatic heterocycles. The molecule has 0 spiro atoms. The summed E-state index contributed by atoms with van der Waals surface area (Å²) in [5.74, 6) is 1.12. The molecule has 0 saturated heterocycles. The summed E-state index contributed by atoms with van der Waals surface area (Å²) in [7, 11) is 0. The molecule has 0 bridgehead atoms. The van der Waals surface area contributed by atoms with Crippen LogP contribution in [0.15, 0.2) is 0 Å². The number of amides is 1. The number of nitrogens with one attached hydrogen (secondary N) is 2. The van der Waals surface area contributed by atoms with Crippen molar-refractivity contribution in [3.63, 3.8) is 0 Å². The van der Waals surface area contributed by atoms with Crippen molar-refractivity contribution in [2.75, 3.05) is 6.54 Å². The molecule has 3 nitrogen and oxygen atoms in total. The quantitative estimate of drug-likeness (QED) is 0.733. The van der Waals surface area contributed by atoms with E-state index in [1.807, 2.05) is 0 Å².